The van der Waals surface area contributed by atoms with Gasteiger partial charge in [0, 0.05) is 77.1 Å². The second-order valence-electron chi connectivity index (χ2n) is 9.78. The van der Waals surface area contributed by atoms with Gasteiger partial charge in [-0.25, -0.2) is 9.97 Å². The number of hydrogen-bond acceptors (Lipinski definition) is 9. The molecule has 2 N–H and O–H groups in total. The van der Waals surface area contributed by atoms with E-state index >= 15 is 0 Å². The molecule has 2 aromatic heterocycles. The van der Waals surface area contributed by atoms with Gasteiger partial charge in [0.1, 0.15) is 17.9 Å². The number of rotatable bonds is 10. The van der Waals surface area contributed by atoms with Gasteiger partial charge in [-0.05, 0) is 18.1 Å². The highest BCUT2D eigenvalue weighted by Crippen LogP contribution is 2.31. The monoisotopic (exact) mass is 520 g/mol. The minimum atomic E-state index is -0.177. The molecule has 11 heteroatoms. The van der Waals surface area contributed by atoms with Crippen molar-refractivity contribution >= 4 is 18.3 Å². The van der Waals surface area contributed by atoms with Crippen molar-refractivity contribution in [3.8, 4) is 0 Å². The van der Waals surface area contributed by atoms with Gasteiger partial charge in [0.05, 0.1) is 43.0 Å². The van der Waals surface area contributed by atoms with Crippen molar-refractivity contribution < 1.29 is 14.3 Å². The maximum Gasteiger partial charge on any atom is 0.211 e. The first-order valence-corrected chi connectivity index (χ1v) is 13.0. The van der Waals surface area contributed by atoms with Gasteiger partial charge in [-0.1, -0.05) is 6.08 Å². The van der Waals surface area contributed by atoms with Crippen LogP contribution in [-0.4, -0.2) is 95.6 Å². The summed E-state index contributed by atoms with van der Waals surface area (Å²) in [6.45, 7) is 5.29. The van der Waals surface area contributed by atoms with Crippen LogP contribution in [0.4, 0.5) is 5.82 Å². The van der Waals surface area contributed by atoms with Crippen LogP contribution >= 0.6 is 0 Å². The van der Waals surface area contributed by atoms with Crippen LogP contribution in [0.2, 0.25) is 0 Å². The number of nitrogens with zero attached hydrogens (tertiary/aromatic N) is 6. The van der Waals surface area contributed by atoms with Crippen molar-refractivity contribution in [2.45, 2.75) is 24.8 Å². The van der Waals surface area contributed by atoms with E-state index < -0.39 is 0 Å². The Kier molecular flexibility index (Phi) is 8.04. The molecule has 0 saturated carbocycles. The summed E-state index contributed by atoms with van der Waals surface area (Å²) < 4.78 is 12.9. The molecule has 0 radical (unpaired) electrons. The van der Waals surface area contributed by atoms with Gasteiger partial charge in [-0.2, -0.15) is 5.10 Å². The second-order valence-corrected chi connectivity index (χ2v) is 9.78. The third kappa shape index (κ3) is 5.58. The number of nitrogens with one attached hydrogen (secondary N) is 2. The number of carbonyl (C=O) groups is 1. The molecular formula is C27H36N8O3. The summed E-state index contributed by atoms with van der Waals surface area (Å²) in [6.07, 6.45) is 12.0. The molecule has 2 atom stereocenters. The van der Waals surface area contributed by atoms with Gasteiger partial charge in [0.2, 0.25) is 6.41 Å². The van der Waals surface area contributed by atoms with Crippen LogP contribution in [-0.2, 0) is 27.7 Å². The molecule has 0 bridgehead atoms. The largest absolute Gasteiger partial charge is 0.499 e. The van der Waals surface area contributed by atoms with Gasteiger partial charge in [0.15, 0.2) is 0 Å². The molecule has 2 unspecified atom stereocenters. The molecule has 3 heterocycles. The average Bonchev–Trinajstić information content (AvgIpc) is 3.32. The number of allylic oxidation sites excluding steroid dienone is 2. The minimum absolute atomic E-state index is 0.153. The molecule has 5 rings (SSSR count). The first-order chi connectivity index (χ1) is 18.6. The van der Waals surface area contributed by atoms with Crippen molar-refractivity contribution in [3.05, 3.63) is 64.8 Å². The van der Waals surface area contributed by atoms with Gasteiger partial charge < -0.3 is 25.0 Å². The number of piperazine rings is 1. The van der Waals surface area contributed by atoms with Crippen LogP contribution in [0.25, 0.3) is 6.08 Å². The Labute approximate surface area is 223 Å². The van der Waals surface area contributed by atoms with E-state index in [0.29, 0.717) is 12.2 Å². The SMILES string of the molecule is COCCN1CCN(C2=C(NC=O)CC(Nc3cc(C4C=Cc5c(cnn5C)C4)ncn3)C(OC)=C2)CC1. The number of fused-ring (bicyclic) bond motifs is 1. The van der Waals surface area contributed by atoms with E-state index in [2.05, 4.69) is 47.7 Å². The third-order valence-electron chi connectivity index (χ3n) is 7.51. The highest BCUT2D eigenvalue weighted by atomic mass is 16.5. The predicted octanol–water partition coefficient (Wildman–Crippen LogP) is 1.50. The maximum absolute atomic E-state index is 11.5. The Morgan fingerprint density at radius 3 is 2.76 bits per heavy atom. The zero-order chi connectivity index (χ0) is 26.5. The fourth-order valence-electron chi connectivity index (χ4n) is 5.39. The van der Waals surface area contributed by atoms with E-state index in [1.165, 1.54) is 5.56 Å². The van der Waals surface area contributed by atoms with Crippen LogP contribution in [0.15, 0.2) is 47.9 Å². The first kappa shape index (κ1) is 25.9. The van der Waals surface area contributed by atoms with E-state index in [0.717, 1.165) is 80.7 Å². The molecule has 1 amide bonds. The lowest BCUT2D eigenvalue weighted by Crippen LogP contribution is -2.48. The van der Waals surface area contributed by atoms with Crippen molar-refractivity contribution in [3.63, 3.8) is 0 Å². The van der Waals surface area contributed by atoms with Gasteiger partial charge in [-0.15, -0.1) is 0 Å². The normalized spacial score (nSPS) is 21.7. The molecule has 2 aliphatic carbocycles. The number of hydrogen-bond donors (Lipinski definition) is 2. The van der Waals surface area contributed by atoms with E-state index in [9.17, 15) is 4.79 Å². The molecule has 3 aliphatic rings. The molecule has 38 heavy (non-hydrogen) atoms. The summed E-state index contributed by atoms with van der Waals surface area (Å²) >= 11 is 0. The van der Waals surface area contributed by atoms with Crippen LogP contribution in [0, 0.1) is 0 Å². The summed E-state index contributed by atoms with van der Waals surface area (Å²) in [5.41, 5.74) is 5.17. The number of aromatic nitrogens is 4. The van der Waals surface area contributed by atoms with Gasteiger partial charge >= 0.3 is 0 Å². The Hall–Kier alpha value is -3.70. The minimum Gasteiger partial charge on any atom is -0.499 e. The summed E-state index contributed by atoms with van der Waals surface area (Å²) in [7, 11) is 5.37. The molecule has 202 valence electrons. The number of amides is 1. The van der Waals surface area contributed by atoms with Crippen molar-refractivity contribution in [2.75, 3.05) is 58.9 Å². The molecular weight excluding hydrogens is 484 g/mol. The van der Waals surface area contributed by atoms with E-state index in [1.807, 2.05) is 30.1 Å². The number of anilines is 1. The third-order valence-corrected chi connectivity index (χ3v) is 7.51. The van der Waals surface area contributed by atoms with E-state index in [1.54, 1.807) is 20.5 Å². The lowest BCUT2D eigenvalue weighted by molar-refractivity contribution is -0.109. The summed E-state index contributed by atoms with van der Waals surface area (Å²) in [5, 5.41) is 10.8. The molecule has 2 aromatic rings. The summed E-state index contributed by atoms with van der Waals surface area (Å²) in [4.78, 5) is 25.2. The summed E-state index contributed by atoms with van der Waals surface area (Å²) in [5.74, 6) is 1.67. The second kappa shape index (κ2) is 11.8. The molecule has 11 nitrogen and oxygen atoms in total. The van der Waals surface area contributed by atoms with Crippen molar-refractivity contribution in [1.29, 1.82) is 0 Å². The molecule has 0 aromatic carbocycles. The first-order valence-electron chi connectivity index (χ1n) is 13.0. The Bertz CT molecular complexity index is 1230. The van der Waals surface area contributed by atoms with Crippen LogP contribution in [0.5, 0.6) is 0 Å². The van der Waals surface area contributed by atoms with Gasteiger partial charge in [-0.3, -0.25) is 14.4 Å². The highest BCUT2D eigenvalue weighted by molar-refractivity contribution is 5.56. The topological polar surface area (TPSA) is 110 Å². The number of methoxy groups -OCH3 is 2. The predicted molar refractivity (Wildman–Crippen MR) is 144 cm³/mol. The number of aryl methyl sites for hydroxylation is 1. The smallest absolute Gasteiger partial charge is 0.211 e. The zero-order valence-corrected chi connectivity index (χ0v) is 22.3. The van der Waals surface area contributed by atoms with E-state index in [4.69, 9.17) is 9.47 Å². The van der Waals surface area contributed by atoms with Crippen LogP contribution in [0.1, 0.15) is 29.3 Å². The summed E-state index contributed by atoms with van der Waals surface area (Å²) in [6, 6.07) is 1.82. The van der Waals surface area contributed by atoms with Gasteiger partial charge in [0.25, 0.3) is 0 Å². The Morgan fingerprint density at radius 2 is 2.00 bits per heavy atom. The molecule has 1 saturated heterocycles. The average molecular weight is 521 g/mol. The maximum atomic E-state index is 11.5. The lowest BCUT2D eigenvalue weighted by Gasteiger charge is -2.39. The Balaban J connectivity index is 1.29. The van der Waals surface area contributed by atoms with Crippen LogP contribution in [0.3, 0.4) is 0 Å². The Morgan fingerprint density at radius 1 is 1.16 bits per heavy atom. The fraction of sp³-hybridized carbons (Fsp3) is 0.481. The lowest BCUT2D eigenvalue weighted by atomic mass is 9.91. The van der Waals surface area contributed by atoms with Crippen molar-refractivity contribution in [2.24, 2.45) is 7.05 Å². The van der Waals surface area contributed by atoms with Crippen LogP contribution < -0.4 is 10.6 Å². The molecule has 1 fully saturated rings. The highest BCUT2D eigenvalue weighted by Gasteiger charge is 2.29. The van der Waals surface area contributed by atoms with E-state index in [-0.39, 0.29) is 12.0 Å². The molecule has 1 aliphatic heterocycles. The zero-order valence-electron chi connectivity index (χ0n) is 22.3. The number of ether oxygens (including phenoxy) is 2. The van der Waals surface area contributed by atoms with Crippen molar-refractivity contribution in [1.82, 2.24) is 34.9 Å². The molecule has 0 spiro atoms. The fourth-order valence-corrected chi connectivity index (χ4v) is 5.39. The number of carbonyl (C=O) groups excluding carboxylic acids is 1. The standard InChI is InChI=1S/C27H36N8O3/c1-33-24-5-4-19(12-20(24)16-31-33)21-14-27(29-17-28-21)32-23-13-22(30-18-36)25(15-26(23)38-3)35-8-6-34(7-9-35)10-11-37-2/h4-5,14-19,23H,6-13H2,1-3H3,(H,30,36)(H,28,29,32). The quantitative estimate of drug-likeness (QED) is 0.451.